The van der Waals surface area contributed by atoms with E-state index in [9.17, 15) is 5.11 Å². The Morgan fingerprint density at radius 2 is 1.92 bits per heavy atom. The van der Waals surface area contributed by atoms with E-state index >= 15 is 0 Å². The van der Waals surface area contributed by atoms with Crippen molar-refractivity contribution in [2.45, 2.75) is 58.2 Å². The van der Waals surface area contributed by atoms with Crippen LogP contribution in [0.3, 0.4) is 0 Å². The summed E-state index contributed by atoms with van der Waals surface area (Å²) >= 11 is 0. The maximum absolute atomic E-state index is 10.1. The molecule has 1 N–H and O–H groups in total. The van der Waals surface area contributed by atoms with Gasteiger partial charge >= 0.3 is 0 Å². The lowest BCUT2D eigenvalue weighted by Crippen LogP contribution is -2.53. The quantitative estimate of drug-likeness (QED) is 0.774. The number of hydrogen-bond donors (Lipinski definition) is 1. The first-order valence-corrected chi connectivity index (χ1v) is 8.66. The van der Waals surface area contributed by atoms with E-state index in [-0.39, 0.29) is 30.1 Å². The lowest BCUT2D eigenvalue weighted by atomic mass is 9.80. The summed E-state index contributed by atoms with van der Waals surface area (Å²) in [7, 11) is 1.66. The van der Waals surface area contributed by atoms with Crippen molar-refractivity contribution in [2.75, 3.05) is 7.11 Å². The molecule has 1 saturated heterocycles. The van der Waals surface area contributed by atoms with Crippen molar-refractivity contribution in [1.82, 2.24) is 0 Å². The maximum atomic E-state index is 10.1. The largest absolute Gasteiger partial charge is 0.497 e. The molecule has 0 spiro atoms. The summed E-state index contributed by atoms with van der Waals surface area (Å²) in [6.07, 6.45) is 1.96. The molecule has 1 aliphatic rings. The third-order valence-corrected chi connectivity index (χ3v) is 4.95. The minimum absolute atomic E-state index is 0.0270. The van der Waals surface area contributed by atoms with Crippen molar-refractivity contribution >= 4 is 0 Å². The second-order valence-corrected chi connectivity index (χ2v) is 6.75. The van der Waals surface area contributed by atoms with E-state index in [1.807, 2.05) is 30.3 Å². The summed E-state index contributed by atoms with van der Waals surface area (Å²) in [5.74, 6) is 1.21. The van der Waals surface area contributed by atoms with Crippen LogP contribution in [-0.2, 0) is 16.1 Å². The van der Waals surface area contributed by atoms with Crippen molar-refractivity contribution in [3.63, 3.8) is 0 Å². The van der Waals surface area contributed by atoms with Gasteiger partial charge in [0, 0.05) is 11.8 Å². The number of rotatable bonds is 7. The molecule has 1 aliphatic heterocycles. The fourth-order valence-electron chi connectivity index (χ4n) is 3.53. The summed E-state index contributed by atoms with van der Waals surface area (Å²) in [6, 6.07) is 7.91. The second kappa shape index (κ2) is 8.65. The van der Waals surface area contributed by atoms with Gasteiger partial charge in [0.1, 0.15) is 5.75 Å². The zero-order valence-electron chi connectivity index (χ0n) is 15.1. The Labute approximate surface area is 145 Å². The van der Waals surface area contributed by atoms with Crippen LogP contribution in [0.4, 0.5) is 0 Å². The van der Waals surface area contributed by atoms with Gasteiger partial charge in [-0.15, -0.1) is 6.58 Å². The molecule has 1 aromatic rings. The van der Waals surface area contributed by atoms with Gasteiger partial charge in [-0.2, -0.15) is 0 Å². The van der Waals surface area contributed by atoms with Gasteiger partial charge in [-0.1, -0.05) is 32.1 Å². The highest BCUT2D eigenvalue weighted by Gasteiger charge is 2.43. The van der Waals surface area contributed by atoms with Gasteiger partial charge in [0.05, 0.1) is 38.1 Å². The fourth-order valence-corrected chi connectivity index (χ4v) is 3.53. The van der Waals surface area contributed by atoms with Gasteiger partial charge < -0.3 is 19.3 Å². The first-order chi connectivity index (χ1) is 11.5. The Bertz CT molecular complexity index is 511. The minimum Gasteiger partial charge on any atom is -0.497 e. The van der Waals surface area contributed by atoms with Gasteiger partial charge in [0.15, 0.2) is 0 Å². The number of aliphatic hydroxyl groups excluding tert-OH is 1. The van der Waals surface area contributed by atoms with Crippen LogP contribution in [0.15, 0.2) is 36.9 Å². The molecule has 1 fully saturated rings. The number of hydrogen-bond acceptors (Lipinski definition) is 4. The Morgan fingerprint density at radius 1 is 1.25 bits per heavy atom. The average Bonchev–Trinajstić information content (AvgIpc) is 2.57. The molecule has 134 valence electrons. The van der Waals surface area contributed by atoms with Crippen LogP contribution < -0.4 is 4.74 Å². The first kappa shape index (κ1) is 19.0. The lowest BCUT2D eigenvalue weighted by Gasteiger charge is -2.45. The molecule has 4 heteroatoms. The molecule has 0 unspecified atom stereocenters. The van der Waals surface area contributed by atoms with E-state index in [1.54, 1.807) is 14.0 Å². The van der Waals surface area contributed by atoms with E-state index in [2.05, 4.69) is 20.4 Å². The van der Waals surface area contributed by atoms with Crippen LogP contribution in [0.1, 0.15) is 32.8 Å². The zero-order chi connectivity index (χ0) is 17.7. The SMILES string of the molecule is C=CC[C@H]1O[C@@H]([C@H](C)O)[C@H](C)[C@@H](OCc2ccc(OC)cc2)[C@H]1C. The Kier molecular flexibility index (Phi) is 6.84. The first-order valence-electron chi connectivity index (χ1n) is 8.66. The summed E-state index contributed by atoms with van der Waals surface area (Å²) in [4.78, 5) is 0. The number of benzene rings is 1. The zero-order valence-corrected chi connectivity index (χ0v) is 15.1. The maximum Gasteiger partial charge on any atom is 0.118 e. The van der Waals surface area contributed by atoms with Crippen LogP contribution >= 0.6 is 0 Å². The van der Waals surface area contributed by atoms with Gasteiger partial charge in [0.25, 0.3) is 0 Å². The van der Waals surface area contributed by atoms with Crippen molar-refractivity contribution in [2.24, 2.45) is 11.8 Å². The van der Waals surface area contributed by atoms with Crippen LogP contribution in [0.2, 0.25) is 0 Å². The summed E-state index contributed by atoms with van der Waals surface area (Å²) < 4.78 is 17.5. The monoisotopic (exact) mass is 334 g/mol. The Balaban J connectivity index is 2.07. The van der Waals surface area contributed by atoms with Crippen molar-refractivity contribution in [3.05, 3.63) is 42.5 Å². The van der Waals surface area contributed by atoms with Crippen LogP contribution in [0, 0.1) is 11.8 Å². The molecule has 0 aromatic heterocycles. The Hall–Kier alpha value is -1.36. The van der Waals surface area contributed by atoms with E-state index < -0.39 is 6.10 Å². The van der Waals surface area contributed by atoms with E-state index in [0.29, 0.717) is 6.61 Å². The highest BCUT2D eigenvalue weighted by Crippen LogP contribution is 2.35. The van der Waals surface area contributed by atoms with Gasteiger partial charge in [0.2, 0.25) is 0 Å². The molecule has 0 amide bonds. The standard InChI is InChI=1S/C20H30O4/c1-6-7-18-13(2)19(14(3)20(24-18)15(4)21)23-12-16-8-10-17(22-5)11-9-16/h6,8-11,13-15,18-21H,1,7,12H2,2-5H3/t13-,14+,15-,18+,19-,20+/m0/s1. The third-order valence-electron chi connectivity index (χ3n) is 4.95. The lowest BCUT2D eigenvalue weighted by molar-refractivity contribution is -0.206. The number of ether oxygens (including phenoxy) is 3. The van der Waals surface area contributed by atoms with Crippen LogP contribution in [0.25, 0.3) is 0 Å². The minimum atomic E-state index is -0.521. The number of aliphatic hydroxyl groups is 1. The predicted molar refractivity (Wildman–Crippen MR) is 95.1 cm³/mol. The molecule has 6 atom stereocenters. The van der Waals surface area contributed by atoms with Crippen LogP contribution in [-0.4, -0.2) is 36.6 Å². The van der Waals surface area contributed by atoms with Gasteiger partial charge in [-0.3, -0.25) is 0 Å². The molecular weight excluding hydrogens is 304 g/mol. The molecule has 0 radical (unpaired) electrons. The molecule has 1 aromatic carbocycles. The normalized spacial score (nSPS) is 31.5. The molecule has 0 bridgehead atoms. The van der Waals surface area contributed by atoms with Crippen molar-refractivity contribution in [3.8, 4) is 5.75 Å². The van der Waals surface area contributed by atoms with Gasteiger partial charge in [-0.05, 0) is 31.0 Å². The smallest absolute Gasteiger partial charge is 0.118 e. The Morgan fingerprint density at radius 3 is 2.46 bits per heavy atom. The summed E-state index contributed by atoms with van der Waals surface area (Å²) in [5.41, 5.74) is 1.11. The van der Waals surface area contributed by atoms with Gasteiger partial charge in [-0.25, -0.2) is 0 Å². The second-order valence-electron chi connectivity index (χ2n) is 6.75. The van der Waals surface area contributed by atoms with E-state index in [4.69, 9.17) is 14.2 Å². The summed E-state index contributed by atoms with van der Waals surface area (Å²) in [6.45, 7) is 10.4. The predicted octanol–water partition coefficient (Wildman–Crippen LogP) is 3.58. The molecule has 1 heterocycles. The van der Waals surface area contributed by atoms with Crippen molar-refractivity contribution < 1.29 is 19.3 Å². The van der Waals surface area contributed by atoms with E-state index in [1.165, 1.54) is 0 Å². The molecule has 0 aliphatic carbocycles. The van der Waals surface area contributed by atoms with E-state index in [0.717, 1.165) is 17.7 Å². The highest BCUT2D eigenvalue weighted by molar-refractivity contribution is 5.26. The highest BCUT2D eigenvalue weighted by atomic mass is 16.5. The van der Waals surface area contributed by atoms with Crippen LogP contribution in [0.5, 0.6) is 5.75 Å². The summed E-state index contributed by atoms with van der Waals surface area (Å²) in [5, 5.41) is 10.1. The molecule has 4 nitrogen and oxygen atoms in total. The number of methoxy groups -OCH3 is 1. The average molecular weight is 334 g/mol. The van der Waals surface area contributed by atoms with Crippen molar-refractivity contribution in [1.29, 1.82) is 0 Å². The third kappa shape index (κ3) is 4.38. The molecule has 2 rings (SSSR count). The topological polar surface area (TPSA) is 47.9 Å². The molecule has 24 heavy (non-hydrogen) atoms. The molecular formula is C20H30O4. The molecule has 0 saturated carbocycles. The fraction of sp³-hybridized carbons (Fsp3) is 0.600.